The van der Waals surface area contributed by atoms with Crippen molar-refractivity contribution >= 4 is 5.91 Å². The maximum Gasteiger partial charge on any atom is 0.274 e. The average Bonchev–Trinajstić information content (AvgIpc) is 2.47. The highest BCUT2D eigenvalue weighted by atomic mass is 16.5. The van der Waals surface area contributed by atoms with Gasteiger partial charge in [0.25, 0.3) is 5.91 Å². The van der Waals surface area contributed by atoms with E-state index in [0.717, 1.165) is 0 Å². The molecule has 20 heavy (non-hydrogen) atoms. The number of aromatic nitrogens is 1. The number of hydrogen-bond acceptors (Lipinski definition) is 4. The van der Waals surface area contributed by atoms with Crippen molar-refractivity contribution in [3.05, 3.63) is 29.6 Å². The van der Waals surface area contributed by atoms with Crippen LogP contribution in [0.5, 0.6) is 0 Å². The molecule has 1 saturated heterocycles. The summed E-state index contributed by atoms with van der Waals surface area (Å²) < 4.78 is 5.54. The van der Waals surface area contributed by atoms with E-state index in [4.69, 9.17) is 10.5 Å². The largest absolute Gasteiger partial charge is 0.375 e. The minimum Gasteiger partial charge on any atom is -0.375 e. The van der Waals surface area contributed by atoms with Gasteiger partial charge in [-0.1, -0.05) is 11.8 Å². The molecule has 5 heteroatoms. The minimum absolute atomic E-state index is 0.0380. The zero-order chi connectivity index (χ0) is 14.5. The fourth-order valence-electron chi connectivity index (χ4n) is 2.15. The minimum atomic E-state index is -0.102. The zero-order valence-electron chi connectivity index (χ0n) is 11.8. The third kappa shape index (κ3) is 3.16. The molecule has 2 unspecified atom stereocenters. The quantitative estimate of drug-likeness (QED) is 0.763. The SMILES string of the molecule is CC1CN(C(=O)c2ncccc2C#CCN)C(C)CO1. The van der Waals surface area contributed by atoms with Crippen LogP contribution in [0.2, 0.25) is 0 Å². The van der Waals surface area contributed by atoms with E-state index in [1.807, 2.05) is 13.8 Å². The van der Waals surface area contributed by atoms with Gasteiger partial charge in [-0.15, -0.1) is 0 Å². The van der Waals surface area contributed by atoms with Gasteiger partial charge < -0.3 is 15.4 Å². The Hall–Kier alpha value is -1.90. The van der Waals surface area contributed by atoms with Crippen LogP contribution >= 0.6 is 0 Å². The number of carbonyl (C=O) groups excluding carboxylic acids is 1. The number of morpholine rings is 1. The Kier molecular flexibility index (Phi) is 4.72. The molecule has 0 radical (unpaired) electrons. The predicted molar refractivity (Wildman–Crippen MR) is 76.1 cm³/mol. The molecule has 1 amide bonds. The topological polar surface area (TPSA) is 68.5 Å². The van der Waals surface area contributed by atoms with Crippen LogP contribution in [0.25, 0.3) is 0 Å². The molecule has 1 aromatic heterocycles. The number of hydrogen-bond donors (Lipinski definition) is 1. The first-order chi connectivity index (χ1) is 9.63. The van der Waals surface area contributed by atoms with Gasteiger partial charge in [0, 0.05) is 12.7 Å². The molecule has 0 aromatic carbocycles. The number of pyridine rings is 1. The second kappa shape index (κ2) is 6.51. The molecule has 0 spiro atoms. The highest BCUT2D eigenvalue weighted by Crippen LogP contribution is 2.16. The van der Waals surface area contributed by atoms with Gasteiger partial charge >= 0.3 is 0 Å². The molecular formula is C15H19N3O2. The van der Waals surface area contributed by atoms with Gasteiger partial charge in [0.1, 0.15) is 5.69 Å². The molecule has 1 fully saturated rings. The number of amides is 1. The Labute approximate surface area is 119 Å². The van der Waals surface area contributed by atoms with E-state index in [1.54, 1.807) is 23.2 Å². The first-order valence-corrected chi connectivity index (χ1v) is 6.70. The molecular weight excluding hydrogens is 254 g/mol. The fourth-order valence-corrected chi connectivity index (χ4v) is 2.15. The highest BCUT2D eigenvalue weighted by molar-refractivity contribution is 5.95. The van der Waals surface area contributed by atoms with Crippen LogP contribution in [0.15, 0.2) is 18.3 Å². The maximum atomic E-state index is 12.6. The van der Waals surface area contributed by atoms with Gasteiger partial charge in [0.2, 0.25) is 0 Å². The van der Waals surface area contributed by atoms with Crippen LogP contribution in [0.1, 0.15) is 29.9 Å². The summed E-state index contributed by atoms with van der Waals surface area (Å²) in [6, 6.07) is 3.59. The molecule has 106 valence electrons. The van der Waals surface area contributed by atoms with Crippen molar-refractivity contribution in [3.63, 3.8) is 0 Å². The second-order valence-corrected chi connectivity index (χ2v) is 4.86. The van der Waals surface area contributed by atoms with Crippen molar-refractivity contribution in [2.24, 2.45) is 5.73 Å². The van der Waals surface area contributed by atoms with Gasteiger partial charge in [-0.25, -0.2) is 4.98 Å². The summed E-state index contributed by atoms with van der Waals surface area (Å²) in [7, 11) is 0. The van der Waals surface area contributed by atoms with Gasteiger partial charge in [0.05, 0.1) is 30.9 Å². The van der Waals surface area contributed by atoms with E-state index in [2.05, 4.69) is 16.8 Å². The van der Waals surface area contributed by atoms with E-state index >= 15 is 0 Å². The molecule has 2 heterocycles. The lowest BCUT2D eigenvalue weighted by Gasteiger charge is -2.36. The Morgan fingerprint density at radius 3 is 3.15 bits per heavy atom. The Balaban J connectivity index is 2.28. The monoisotopic (exact) mass is 273 g/mol. The number of carbonyl (C=O) groups is 1. The third-order valence-corrected chi connectivity index (χ3v) is 3.20. The summed E-state index contributed by atoms with van der Waals surface area (Å²) in [4.78, 5) is 18.6. The van der Waals surface area contributed by atoms with Gasteiger partial charge in [0.15, 0.2) is 0 Å². The number of nitrogens with zero attached hydrogens (tertiary/aromatic N) is 2. The van der Waals surface area contributed by atoms with E-state index < -0.39 is 0 Å². The van der Waals surface area contributed by atoms with Crippen LogP contribution in [-0.4, -0.2) is 47.6 Å². The normalized spacial score (nSPS) is 22.1. The summed E-state index contributed by atoms with van der Waals surface area (Å²) in [6.45, 7) is 5.30. The number of nitrogens with two attached hydrogens (primary N) is 1. The van der Waals surface area contributed by atoms with E-state index in [1.165, 1.54) is 0 Å². The van der Waals surface area contributed by atoms with Gasteiger partial charge in [-0.3, -0.25) is 4.79 Å². The Bertz CT molecular complexity index is 548. The lowest BCUT2D eigenvalue weighted by Crippen LogP contribution is -2.50. The Morgan fingerprint density at radius 1 is 1.60 bits per heavy atom. The van der Waals surface area contributed by atoms with E-state index in [9.17, 15) is 4.79 Å². The molecule has 2 atom stereocenters. The van der Waals surface area contributed by atoms with Crippen molar-refractivity contribution in [1.29, 1.82) is 0 Å². The molecule has 1 aliphatic rings. The maximum absolute atomic E-state index is 12.6. The zero-order valence-corrected chi connectivity index (χ0v) is 11.8. The van der Waals surface area contributed by atoms with Crippen LogP contribution in [-0.2, 0) is 4.74 Å². The second-order valence-electron chi connectivity index (χ2n) is 4.86. The van der Waals surface area contributed by atoms with Crippen molar-refractivity contribution in [1.82, 2.24) is 9.88 Å². The van der Waals surface area contributed by atoms with Crippen molar-refractivity contribution in [2.45, 2.75) is 26.0 Å². The first-order valence-electron chi connectivity index (χ1n) is 6.70. The molecule has 5 nitrogen and oxygen atoms in total. The van der Waals surface area contributed by atoms with Crippen LogP contribution in [0.3, 0.4) is 0 Å². The lowest BCUT2D eigenvalue weighted by molar-refractivity contribution is -0.0389. The molecule has 2 rings (SSSR count). The van der Waals surface area contributed by atoms with E-state index in [-0.39, 0.29) is 24.6 Å². The number of ether oxygens (including phenoxy) is 1. The standard InChI is InChI=1S/C15H19N3O2/c1-11-10-20-12(2)9-18(11)15(19)14-13(5-3-7-16)6-4-8-17-14/h4,6,8,11-12H,7,9-10,16H2,1-2H3. The Morgan fingerprint density at radius 2 is 2.40 bits per heavy atom. The third-order valence-electron chi connectivity index (χ3n) is 3.20. The van der Waals surface area contributed by atoms with Crippen molar-refractivity contribution in [2.75, 3.05) is 19.7 Å². The van der Waals surface area contributed by atoms with Crippen LogP contribution in [0, 0.1) is 11.8 Å². The summed E-state index contributed by atoms with van der Waals surface area (Å²) in [5, 5.41) is 0. The summed E-state index contributed by atoms with van der Waals surface area (Å²) >= 11 is 0. The highest BCUT2D eigenvalue weighted by Gasteiger charge is 2.29. The molecule has 0 bridgehead atoms. The van der Waals surface area contributed by atoms with Gasteiger partial charge in [-0.2, -0.15) is 0 Å². The summed E-state index contributed by atoms with van der Waals surface area (Å²) in [5.74, 6) is 5.57. The van der Waals surface area contributed by atoms with Gasteiger partial charge in [-0.05, 0) is 26.0 Å². The van der Waals surface area contributed by atoms with Crippen molar-refractivity contribution in [3.8, 4) is 11.8 Å². The predicted octanol–water partition coefficient (Wildman–Crippen LogP) is 0.641. The summed E-state index contributed by atoms with van der Waals surface area (Å²) in [5.41, 5.74) is 6.38. The molecule has 2 N–H and O–H groups in total. The van der Waals surface area contributed by atoms with Crippen molar-refractivity contribution < 1.29 is 9.53 Å². The lowest BCUT2D eigenvalue weighted by atomic mass is 10.1. The first kappa shape index (κ1) is 14.5. The molecule has 0 saturated carbocycles. The number of rotatable bonds is 1. The van der Waals surface area contributed by atoms with Crippen LogP contribution < -0.4 is 5.73 Å². The van der Waals surface area contributed by atoms with E-state index in [0.29, 0.717) is 24.4 Å². The molecule has 1 aromatic rings. The smallest absolute Gasteiger partial charge is 0.274 e. The fraction of sp³-hybridized carbons (Fsp3) is 0.467. The summed E-state index contributed by atoms with van der Waals surface area (Å²) in [6.07, 6.45) is 1.65. The van der Waals surface area contributed by atoms with Crippen LogP contribution in [0.4, 0.5) is 0 Å². The molecule has 0 aliphatic carbocycles. The average molecular weight is 273 g/mol. The molecule has 1 aliphatic heterocycles.